The first-order chi connectivity index (χ1) is 9.82. The third-order valence-corrected chi connectivity index (χ3v) is 5.17. The number of carbonyl (C=O) groups excluding carboxylic acids is 1. The molecule has 21 heavy (non-hydrogen) atoms. The summed E-state index contributed by atoms with van der Waals surface area (Å²) >= 11 is 0. The van der Waals surface area contributed by atoms with E-state index in [4.69, 9.17) is 0 Å². The summed E-state index contributed by atoms with van der Waals surface area (Å²) in [6.07, 6.45) is 2.67. The largest absolute Gasteiger partial charge is 0.335 e. The summed E-state index contributed by atoms with van der Waals surface area (Å²) in [6, 6.07) is 9.69. The molecule has 0 spiro atoms. The van der Waals surface area contributed by atoms with Gasteiger partial charge >= 0.3 is 0 Å². The standard InChI is InChI=1S/C16H25NO3S/c1-5-12-17(16(18)13(3)21(4,19)20)15(6-2)14-10-8-7-9-11-14/h7-11,13,15H,5-6,12H2,1-4H3/t13-,15+/m0/s1. The number of sulfone groups is 1. The molecular formula is C16H25NO3S. The van der Waals surface area contributed by atoms with E-state index >= 15 is 0 Å². The lowest BCUT2D eigenvalue weighted by Crippen LogP contribution is -2.43. The number of amides is 1. The quantitative estimate of drug-likeness (QED) is 0.778. The number of nitrogens with zero attached hydrogens (tertiary/aromatic N) is 1. The summed E-state index contributed by atoms with van der Waals surface area (Å²) in [5.74, 6) is -0.310. The molecule has 0 saturated carbocycles. The average molecular weight is 311 g/mol. The Hall–Kier alpha value is -1.36. The van der Waals surface area contributed by atoms with E-state index in [1.54, 1.807) is 4.90 Å². The van der Waals surface area contributed by atoms with E-state index in [9.17, 15) is 13.2 Å². The van der Waals surface area contributed by atoms with Gasteiger partial charge in [-0.15, -0.1) is 0 Å². The molecular weight excluding hydrogens is 286 g/mol. The van der Waals surface area contributed by atoms with Crippen LogP contribution in [-0.2, 0) is 14.6 Å². The van der Waals surface area contributed by atoms with E-state index < -0.39 is 15.1 Å². The van der Waals surface area contributed by atoms with Crippen molar-refractivity contribution in [2.45, 2.75) is 44.9 Å². The first kappa shape index (κ1) is 17.7. The van der Waals surface area contributed by atoms with Crippen LogP contribution in [0.5, 0.6) is 0 Å². The lowest BCUT2D eigenvalue weighted by Gasteiger charge is -2.33. The molecule has 1 amide bonds. The maximum atomic E-state index is 12.6. The number of rotatable bonds is 7. The molecule has 0 saturated heterocycles. The van der Waals surface area contributed by atoms with Crippen LogP contribution in [0, 0.1) is 0 Å². The minimum atomic E-state index is -3.38. The maximum absolute atomic E-state index is 12.6. The van der Waals surface area contributed by atoms with E-state index in [1.165, 1.54) is 6.92 Å². The number of hydrogen-bond acceptors (Lipinski definition) is 3. The molecule has 1 rings (SSSR count). The van der Waals surface area contributed by atoms with Crippen molar-refractivity contribution in [2.75, 3.05) is 12.8 Å². The lowest BCUT2D eigenvalue weighted by atomic mass is 10.0. The summed E-state index contributed by atoms with van der Waals surface area (Å²) in [5.41, 5.74) is 1.04. The van der Waals surface area contributed by atoms with Crippen molar-refractivity contribution in [3.8, 4) is 0 Å². The Bertz CT molecular complexity index is 554. The Morgan fingerprint density at radius 3 is 2.19 bits per heavy atom. The molecule has 0 aliphatic carbocycles. The molecule has 5 heteroatoms. The zero-order chi connectivity index (χ0) is 16.0. The predicted molar refractivity (Wildman–Crippen MR) is 85.8 cm³/mol. The van der Waals surface area contributed by atoms with Crippen molar-refractivity contribution in [3.05, 3.63) is 35.9 Å². The van der Waals surface area contributed by atoms with Gasteiger partial charge in [0.2, 0.25) is 5.91 Å². The second-order valence-electron chi connectivity index (χ2n) is 5.34. The molecule has 0 fully saturated rings. The van der Waals surface area contributed by atoms with Crippen molar-refractivity contribution >= 4 is 15.7 Å². The van der Waals surface area contributed by atoms with Crippen LogP contribution in [-0.4, -0.2) is 37.3 Å². The highest BCUT2D eigenvalue weighted by Crippen LogP contribution is 2.25. The molecule has 0 N–H and O–H groups in total. The van der Waals surface area contributed by atoms with Crippen molar-refractivity contribution in [2.24, 2.45) is 0 Å². The summed E-state index contributed by atoms with van der Waals surface area (Å²) in [7, 11) is -3.38. The molecule has 0 bridgehead atoms. The van der Waals surface area contributed by atoms with Crippen LogP contribution in [0.3, 0.4) is 0 Å². The fourth-order valence-corrected chi connectivity index (χ4v) is 2.89. The van der Waals surface area contributed by atoms with Gasteiger partial charge in [-0.25, -0.2) is 8.42 Å². The second kappa shape index (κ2) is 7.59. The molecule has 2 atom stereocenters. The smallest absolute Gasteiger partial charge is 0.241 e. The van der Waals surface area contributed by atoms with Crippen molar-refractivity contribution in [1.29, 1.82) is 0 Å². The van der Waals surface area contributed by atoms with Crippen molar-refractivity contribution < 1.29 is 13.2 Å². The van der Waals surface area contributed by atoms with Crippen molar-refractivity contribution in [1.82, 2.24) is 4.90 Å². The van der Waals surface area contributed by atoms with Crippen LogP contribution < -0.4 is 0 Å². The zero-order valence-electron chi connectivity index (χ0n) is 13.2. The third-order valence-electron chi connectivity index (χ3n) is 3.68. The number of carbonyl (C=O) groups is 1. The average Bonchev–Trinajstić information content (AvgIpc) is 2.46. The summed E-state index contributed by atoms with van der Waals surface area (Å²) in [6.45, 7) is 6.03. The maximum Gasteiger partial charge on any atom is 0.241 e. The van der Waals surface area contributed by atoms with E-state index in [2.05, 4.69) is 0 Å². The molecule has 0 heterocycles. The minimum Gasteiger partial charge on any atom is -0.335 e. The highest BCUT2D eigenvalue weighted by Gasteiger charge is 2.31. The Kier molecular flexibility index (Phi) is 6.40. The topological polar surface area (TPSA) is 54.5 Å². The molecule has 0 unspecified atom stereocenters. The van der Waals surface area contributed by atoms with Crippen LogP contribution in [0.2, 0.25) is 0 Å². The van der Waals surface area contributed by atoms with Crippen LogP contribution in [0.25, 0.3) is 0 Å². The second-order valence-corrected chi connectivity index (χ2v) is 7.70. The zero-order valence-corrected chi connectivity index (χ0v) is 14.1. The first-order valence-electron chi connectivity index (χ1n) is 7.37. The monoisotopic (exact) mass is 311 g/mol. The fourth-order valence-electron chi connectivity index (χ4n) is 2.39. The molecule has 118 valence electrons. The highest BCUT2D eigenvalue weighted by molar-refractivity contribution is 7.92. The Morgan fingerprint density at radius 2 is 1.76 bits per heavy atom. The van der Waals surface area contributed by atoms with Gasteiger partial charge in [-0.3, -0.25) is 4.79 Å². The van der Waals surface area contributed by atoms with Gasteiger partial charge in [0.15, 0.2) is 9.84 Å². The molecule has 4 nitrogen and oxygen atoms in total. The fraction of sp³-hybridized carbons (Fsp3) is 0.562. The molecule has 0 radical (unpaired) electrons. The third kappa shape index (κ3) is 4.56. The SMILES string of the molecule is CCCN(C(=O)[C@H](C)S(C)(=O)=O)[C@H](CC)c1ccccc1. The van der Waals surface area contributed by atoms with Gasteiger partial charge in [-0.2, -0.15) is 0 Å². The van der Waals surface area contributed by atoms with E-state index in [-0.39, 0.29) is 11.9 Å². The van der Waals surface area contributed by atoms with E-state index in [1.807, 2.05) is 44.2 Å². The number of benzene rings is 1. The lowest BCUT2D eigenvalue weighted by molar-refractivity contribution is -0.133. The summed E-state index contributed by atoms with van der Waals surface area (Å²) in [5, 5.41) is -0.998. The Balaban J connectivity index is 3.12. The van der Waals surface area contributed by atoms with Gasteiger partial charge in [0.25, 0.3) is 0 Å². The van der Waals surface area contributed by atoms with Crippen LogP contribution in [0.15, 0.2) is 30.3 Å². The molecule has 1 aromatic carbocycles. The number of hydrogen-bond donors (Lipinski definition) is 0. The van der Waals surface area contributed by atoms with Gasteiger partial charge in [0, 0.05) is 12.8 Å². The van der Waals surface area contributed by atoms with Gasteiger partial charge in [0.1, 0.15) is 5.25 Å². The molecule has 0 aliphatic heterocycles. The highest BCUT2D eigenvalue weighted by atomic mass is 32.2. The molecule has 0 aromatic heterocycles. The van der Waals surface area contributed by atoms with Gasteiger partial charge in [-0.05, 0) is 25.3 Å². The Morgan fingerprint density at radius 1 is 1.19 bits per heavy atom. The molecule has 1 aromatic rings. The van der Waals surface area contributed by atoms with Crippen LogP contribution in [0.1, 0.15) is 45.2 Å². The van der Waals surface area contributed by atoms with Gasteiger partial charge < -0.3 is 4.90 Å². The molecule has 0 aliphatic rings. The summed E-state index contributed by atoms with van der Waals surface area (Å²) in [4.78, 5) is 14.3. The van der Waals surface area contributed by atoms with Crippen LogP contribution >= 0.6 is 0 Å². The van der Waals surface area contributed by atoms with Crippen molar-refractivity contribution in [3.63, 3.8) is 0 Å². The normalized spacial score (nSPS) is 14.5. The first-order valence-corrected chi connectivity index (χ1v) is 9.32. The van der Waals surface area contributed by atoms with E-state index in [0.29, 0.717) is 6.54 Å². The predicted octanol–water partition coefficient (Wildman–Crippen LogP) is 2.81. The summed E-state index contributed by atoms with van der Waals surface area (Å²) < 4.78 is 23.4. The van der Waals surface area contributed by atoms with E-state index in [0.717, 1.165) is 24.7 Å². The van der Waals surface area contributed by atoms with Gasteiger partial charge in [-0.1, -0.05) is 44.2 Å². The van der Waals surface area contributed by atoms with Gasteiger partial charge in [0.05, 0.1) is 6.04 Å². The minimum absolute atomic E-state index is 0.0807. The van der Waals surface area contributed by atoms with Crippen LogP contribution in [0.4, 0.5) is 0 Å². The Labute approximate surface area is 128 Å².